The van der Waals surface area contributed by atoms with Crippen LogP contribution < -0.4 is 5.32 Å². The second kappa shape index (κ2) is 6.25. The van der Waals surface area contributed by atoms with Crippen LogP contribution in [0.2, 0.25) is 0 Å². The highest BCUT2D eigenvalue weighted by Crippen LogP contribution is 2.16. The van der Waals surface area contributed by atoms with Crippen molar-refractivity contribution < 1.29 is 19.1 Å². The fraction of sp³-hybridized carbons (Fsp3) is 0.636. The van der Waals surface area contributed by atoms with Gasteiger partial charge in [0.05, 0.1) is 0 Å². The number of halogens is 1. The Kier molecular flexibility index (Phi) is 5.71. The number of hydrogen-bond acceptors (Lipinski definition) is 2. The van der Waals surface area contributed by atoms with Crippen molar-refractivity contribution in [1.82, 2.24) is 5.32 Å². The number of alkyl halides is 1. The first kappa shape index (κ1) is 14.6. The number of nitrogens with one attached hydrogen (secondary N) is 1. The number of amides is 1. The van der Waals surface area contributed by atoms with Crippen molar-refractivity contribution in [1.29, 1.82) is 0 Å². The first-order valence-electron chi connectivity index (χ1n) is 5.08. The van der Waals surface area contributed by atoms with Crippen molar-refractivity contribution in [3.8, 4) is 0 Å². The van der Waals surface area contributed by atoms with Crippen LogP contribution in [-0.2, 0) is 9.59 Å². The molecule has 16 heavy (non-hydrogen) atoms. The van der Waals surface area contributed by atoms with Crippen LogP contribution in [0.1, 0.15) is 33.1 Å². The predicted molar refractivity (Wildman–Crippen MR) is 58.8 cm³/mol. The molecule has 0 aliphatic rings. The van der Waals surface area contributed by atoms with Crippen molar-refractivity contribution in [2.45, 2.75) is 44.8 Å². The zero-order valence-electron chi connectivity index (χ0n) is 9.62. The van der Waals surface area contributed by atoms with Crippen molar-refractivity contribution in [3.05, 3.63) is 12.7 Å². The minimum absolute atomic E-state index is 0.167. The van der Waals surface area contributed by atoms with Gasteiger partial charge in [0.2, 0.25) is 5.91 Å². The summed E-state index contributed by atoms with van der Waals surface area (Å²) in [6.07, 6.45) is 1.95. The van der Waals surface area contributed by atoms with E-state index >= 15 is 0 Å². The topological polar surface area (TPSA) is 66.4 Å². The molecule has 92 valence electrons. The molecular weight excluding hydrogens is 213 g/mol. The van der Waals surface area contributed by atoms with E-state index < -0.39 is 23.6 Å². The summed E-state index contributed by atoms with van der Waals surface area (Å²) < 4.78 is 13.3. The summed E-state index contributed by atoms with van der Waals surface area (Å²) in [4.78, 5) is 22.0. The molecule has 1 atom stereocenters. The fourth-order valence-corrected chi connectivity index (χ4v) is 1.19. The highest BCUT2D eigenvalue weighted by atomic mass is 19.1. The molecule has 0 aliphatic carbocycles. The summed E-state index contributed by atoms with van der Waals surface area (Å²) in [6, 6.07) is -1.18. The molecule has 0 bridgehead atoms. The third-order valence-electron chi connectivity index (χ3n) is 1.90. The second-order valence-corrected chi connectivity index (χ2v) is 4.21. The van der Waals surface area contributed by atoms with Crippen molar-refractivity contribution in [2.75, 3.05) is 0 Å². The lowest BCUT2D eigenvalue weighted by Gasteiger charge is -2.20. The minimum atomic E-state index is -1.63. The lowest BCUT2D eigenvalue weighted by atomic mass is 10.0. The van der Waals surface area contributed by atoms with Crippen LogP contribution in [0.3, 0.4) is 0 Å². The molecule has 0 saturated heterocycles. The SMILES string of the molecule is C=CCCC(=O)NC(CC(C)(C)F)C(=O)O. The number of carboxylic acids is 1. The Morgan fingerprint density at radius 1 is 1.56 bits per heavy atom. The zero-order valence-corrected chi connectivity index (χ0v) is 9.62. The number of hydrogen-bond donors (Lipinski definition) is 2. The number of rotatable bonds is 7. The van der Waals surface area contributed by atoms with Crippen molar-refractivity contribution in [2.24, 2.45) is 0 Å². The van der Waals surface area contributed by atoms with Crippen LogP contribution >= 0.6 is 0 Å². The molecule has 0 rings (SSSR count). The summed E-state index contributed by atoms with van der Waals surface area (Å²) in [5.74, 6) is -1.63. The van der Waals surface area contributed by atoms with Gasteiger partial charge < -0.3 is 10.4 Å². The van der Waals surface area contributed by atoms with Crippen molar-refractivity contribution >= 4 is 11.9 Å². The molecular formula is C11H18FNO3. The zero-order chi connectivity index (χ0) is 12.8. The van der Waals surface area contributed by atoms with Gasteiger partial charge in [-0.3, -0.25) is 4.79 Å². The summed E-state index contributed by atoms with van der Waals surface area (Å²) in [5, 5.41) is 11.1. The van der Waals surface area contributed by atoms with Crippen LogP contribution in [0, 0.1) is 0 Å². The van der Waals surface area contributed by atoms with E-state index in [1.54, 1.807) is 6.08 Å². The number of carboxylic acid groups (broad SMARTS) is 1. The standard InChI is InChI=1S/C11H18FNO3/c1-4-5-6-9(14)13-8(10(15)16)7-11(2,3)12/h4,8H,1,5-7H2,2-3H3,(H,13,14)(H,15,16). The molecule has 1 unspecified atom stereocenters. The van der Waals surface area contributed by atoms with E-state index in [1.165, 1.54) is 13.8 Å². The van der Waals surface area contributed by atoms with Gasteiger partial charge in [0.1, 0.15) is 11.7 Å². The third-order valence-corrected chi connectivity index (χ3v) is 1.90. The normalized spacial score (nSPS) is 12.9. The number of aliphatic carboxylic acids is 1. The van der Waals surface area contributed by atoms with Gasteiger partial charge in [-0.15, -0.1) is 6.58 Å². The Hall–Kier alpha value is -1.39. The largest absolute Gasteiger partial charge is 0.480 e. The molecule has 4 nitrogen and oxygen atoms in total. The van der Waals surface area contributed by atoms with E-state index in [0.717, 1.165) is 0 Å². The molecule has 0 spiro atoms. The van der Waals surface area contributed by atoms with Gasteiger partial charge in [0.15, 0.2) is 0 Å². The average Bonchev–Trinajstić information content (AvgIpc) is 2.11. The summed E-state index contributed by atoms with van der Waals surface area (Å²) in [6.45, 7) is 6.00. The maximum absolute atomic E-state index is 13.3. The van der Waals surface area contributed by atoms with Gasteiger partial charge in [-0.2, -0.15) is 0 Å². The molecule has 0 aliphatic heterocycles. The van der Waals surface area contributed by atoms with Crippen LogP contribution in [0.5, 0.6) is 0 Å². The van der Waals surface area contributed by atoms with Crippen LogP contribution in [-0.4, -0.2) is 28.7 Å². The lowest BCUT2D eigenvalue weighted by Crippen LogP contribution is -2.44. The molecule has 0 aromatic carbocycles. The second-order valence-electron chi connectivity index (χ2n) is 4.21. The first-order valence-corrected chi connectivity index (χ1v) is 5.08. The Morgan fingerprint density at radius 2 is 2.12 bits per heavy atom. The molecule has 2 N–H and O–H groups in total. The highest BCUT2D eigenvalue weighted by molar-refractivity contribution is 5.83. The smallest absolute Gasteiger partial charge is 0.326 e. The van der Waals surface area contributed by atoms with Gasteiger partial charge >= 0.3 is 5.97 Å². The molecule has 0 fully saturated rings. The van der Waals surface area contributed by atoms with Gasteiger partial charge in [-0.25, -0.2) is 9.18 Å². The Morgan fingerprint density at radius 3 is 2.50 bits per heavy atom. The molecule has 5 heteroatoms. The molecule has 0 heterocycles. The lowest BCUT2D eigenvalue weighted by molar-refractivity contribution is -0.142. The first-order chi connectivity index (χ1) is 7.26. The molecule has 1 amide bonds. The van der Waals surface area contributed by atoms with Crippen LogP contribution in [0.4, 0.5) is 4.39 Å². The van der Waals surface area contributed by atoms with Crippen LogP contribution in [0.25, 0.3) is 0 Å². The van der Waals surface area contributed by atoms with Crippen LogP contribution in [0.15, 0.2) is 12.7 Å². The van der Waals surface area contributed by atoms with E-state index in [2.05, 4.69) is 11.9 Å². The fourth-order valence-electron chi connectivity index (χ4n) is 1.19. The number of carbonyl (C=O) groups excluding carboxylic acids is 1. The van der Waals surface area contributed by atoms with Crippen molar-refractivity contribution in [3.63, 3.8) is 0 Å². The summed E-state index contributed by atoms with van der Waals surface area (Å²) >= 11 is 0. The number of carbonyl (C=O) groups is 2. The predicted octanol–water partition coefficient (Wildman–Crippen LogP) is 1.66. The number of allylic oxidation sites excluding steroid dienone is 1. The monoisotopic (exact) mass is 231 g/mol. The maximum atomic E-state index is 13.3. The Balaban J connectivity index is 4.29. The Bertz CT molecular complexity index is 271. The Labute approximate surface area is 94.5 Å². The average molecular weight is 231 g/mol. The van der Waals surface area contributed by atoms with E-state index in [4.69, 9.17) is 5.11 Å². The van der Waals surface area contributed by atoms with Gasteiger partial charge in [-0.05, 0) is 20.3 Å². The molecule has 0 saturated carbocycles. The van der Waals surface area contributed by atoms with E-state index in [0.29, 0.717) is 6.42 Å². The summed E-state index contributed by atoms with van der Waals surface area (Å²) in [7, 11) is 0. The minimum Gasteiger partial charge on any atom is -0.480 e. The van der Waals surface area contributed by atoms with Gasteiger partial charge in [0.25, 0.3) is 0 Å². The summed E-state index contributed by atoms with van der Waals surface area (Å²) in [5.41, 5.74) is -1.63. The molecule has 0 radical (unpaired) electrons. The van der Waals surface area contributed by atoms with Gasteiger partial charge in [-0.1, -0.05) is 6.08 Å². The molecule has 0 aromatic rings. The van der Waals surface area contributed by atoms with Gasteiger partial charge in [0, 0.05) is 12.8 Å². The quantitative estimate of drug-likeness (QED) is 0.655. The highest BCUT2D eigenvalue weighted by Gasteiger charge is 2.28. The van der Waals surface area contributed by atoms with E-state index in [9.17, 15) is 14.0 Å². The maximum Gasteiger partial charge on any atom is 0.326 e. The molecule has 0 aromatic heterocycles. The van der Waals surface area contributed by atoms with E-state index in [1.807, 2.05) is 0 Å². The van der Waals surface area contributed by atoms with E-state index in [-0.39, 0.29) is 12.8 Å². The third kappa shape index (κ3) is 6.98.